The quantitative estimate of drug-likeness (QED) is 0.805. The van der Waals surface area contributed by atoms with Crippen LogP contribution in [-0.2, 0) is 6.54 Å². The van der Waals surface area contributed by atoms with Gasteiger partial charge in [0.05, 0.1) is 11.6 Å². The van der Waals surface area contributed by atoms with Gasteiger partial charge in [0, 0.05) is 12.6 Å². The van der Waals surface area contributed by atoms with Crippen molar-refractivity contribution in [1.29, 1.82) is 5.26 Å². The van der Waals surface area contributed by atoms with Crippen molar-refractivity contribution >= 4 is 0 Å². The lowest BCUT2D eigenvalue weighted by atomic mass is 9.91. The second-order valence-electron chi connectivity index (χ2n) is 6.12. The van der Waals surface area contributed by atoms with Gasteiger partial charge in [-0.1, -0.05) is 12.5 Å². The van der Waals surface area contributed by atoms with E-state index in [9.17, 15) is 0 Å². The summed E-state index contributed by atoms with van der Waals surface area (Å²) in [6, 6.07) is 9.17. The number of rotatable bonds is 2. The van der Waals surface area contributed by atoms with Crippen LogP contribution in [-0.4, -0.2) is 17.5 Å². The van der Waals surface area contributed by atoms with Crippen LogP contribution in [0.3, 0.4) is 0 Å². The van der Waals surface area contributed by atoms with Gasteiger partial charge >= 0.3 is 0 Å². The molecule has 2 nitrogen and oxygen atoms in total. The molecular weight excluding hydrogens is 232 g/mol. The molecule has 2 atom stereocenters. The highest BCUT2D eigenvalue weighted by Crippen LogP contribution is 2.37. The number of hydrogen-bond donors (Lipinski definition) is 0. The summed E-state index contributed by atoms with van der Waals surface area (Å²) >= 11 is 0. The summed E-state index contributed by atoms with van der Waals surface area (Å²) in [4.78, 5) is 2.69. The Morgan fingerprint density at radius 1 is 1.26 bits per heavy atom. The molecule has 0 amide bonds. The smallest absolute Gasteiger partial charge is 0.0991 e. The molecule has 1 aromatic rings. The van der Waals surface area contributed by atoms with Gasteiger partial charge in [-0.2, -0.15) is 5.26 Å². The van der Waals surface area contributed by atoms with E-state index >= 15 is 0 Å². The van der Waals surface area contributed by atoms with Crippen molar-refractivity contribution in [2.24, 2.45) is 5.92 Å². The number of benzene rings is 1. The molecule has 2 fully saturated rings. The molecule has 1 heterocycles. The normalized spacial score (nSPS) is 26.9. The van der Waals surface area contributed by atoms with Gasteiger partial charge in [-0.3, -0.25) is 4.90 Å². The number of likely N-dealkylation sites (tertiary alicyclic amines) is 1. The molecule has 0 spiro atoms. The molecule has 0 bridgehead atoms. The molecule has 0 aromatic heterocycles. The van der Waals surface area contributed by atoms with E-state index in [0.717, 1.165) is 24.1 Å². The lowest BCUT2D eigenvalue weighted by Crippen LogP contribution is -2.41. The summed E-state index contributed by atoms with van der Waals surface area (Å²) in [7, 11) is 0. The van der Waals surface area contributed by atoms with E-state index in [-0.39, 0.29) is 0 Å². The third-order valence-electron chi connectivity index (χ3n) is 4.95. The summed E-state index contributed by atoms with van der Waals surface area (Å²) in [6.07, 6.45) is 7.04. The van der Waals surface area contributed by atoms with Gasteiger partial charge in [0.25, 0.3) is 0 Å². The zero-order valence-electron chi connectivity index (χ0n) is 11.7. The van der Waals surface area contributed by atoms with E-state index in [0.29, 0.717) is 0 Å². The average Bonchev–Trinajstić information content (AvgIpc) is 2.90. The first-order chi connectivity index (χ1) is 9.28. The number of hydrogen-bond acceptors (Lipinski definition) is 2. The Balaban J connectivity index is 1.75. The predicted molar refractivity (Wildman–Crippen MR) is 76.7 cm³/mol. The lowest BCUT2D eigenvalue weighted by Gasteiger charge is -2.38. The summed E-state index contributed by atoms with van der Waals surface area (Å²) in [5.41, 5.74) is 3.43. The monoisotopic (exact) mass is 254 g/mol. The highest BCUT2D eigenvalue weighted by atomic mass is 15.2. The van der Waals surface area contributed by atoms with Crippen LogP contribution in [0, 0.1) is 24.2 Å². The molecule has 0 radical (unpaired) electrons. The van der Waals surface area contributed by atoms with Crippen LogP contribution in [0.15, 0.2) is 18.2 Å². The minimum absolute atomic E-state index is 0.777. The number of piperidine rings is 1. The maximum absolute atomic E-state index is 8.94. The van der Waals surface area contributed by atoms with E-state index in [1.807, 2.05) is 12.1 Å². The highest BCUT2D eigenvalue weighted by Gasteiger charge is 2.34. The Kier molecular flexibility index (Phi) is 3.57. The van der Waals surface area contributed by atoms with Crippen molar-refractivity contribution < 1.29 is 0 Å². The standard InChI is InChI=1S/C17H22N2/c1-13-10-14(11-18)7-8-16(13)12-19-9-3-5-15-4-2-6-17(15)19/h7-8,10,15,17H,2-6,9,12H2,1H3. The van der Waals surface area contributed by atoms with Gasteiger partial charge < -0.3 is 0 Å². The number of nitrogens with zero attached hydrogens (tertiary/aromatic N) is 2. The molecule has 1 aliphatic heterocycles. The Hall–Kier alpha value is -1.33. The van der Waals surface area contributed by atoms with Crippen molar-refractivity contribution in [2.45, 2.75) is 51.6 Å². The first kappa shape index (κ1) is 12.7. The van der Waals surface area contributed by atoms with Gasteiger partial charge in [-0.15, -0.1) is 0 Å². The molecule has 2 aliphatic rings. The molecular formula is C17H22N2. The minimum Gasteiger partial charge on any atom is -0.296 e. The summed E-state index contributed by atoms with van der Waals surface area (Å²) in [5.74, 6) is 0.951. The molecule has 1 aliphatic carbocycles. The fourth-order valence-electron chi connectivity index (χ4n) is 3.92. The van der Waals surface area contributed by atoms with E-state index < -0.39 is 0 Å². The van der Waals surface area contributed by atoms with Crippen LogP contribution in [0.5, 0.6) is 0 Å². The SMILES string of the molecule is Cc1cc(C#N)ccc1CN1CCCC2CCCC21. The van der Waals surface area contributed by atoms with Gasteiger partial charge in [0.1, 0.15) is 0 Å². The van der Waals surface area contributed by atoms with Crippen molar-refractivity contribution in [3.63, 3.8) is 0 Å². The number of fused-ring (bicyclic) bond motifs is 1. The van der Waals surface area contributed by atoms with Crippen molar-refractivity contribution in [1.82, 2.24) is 4.90 Å². The zero-order chi connectivity index (χ0) is 13.2. The Labute approximate surface area is 116 Å². The molecule has 2 heteroatoms. The lowest BCUT2D eigenvalue weighted by molar-refractivity contribution is 0.105. The number of aryl methyl sites for hydroxylation is 1. The van der Waals surface area contributed by atoms with Crippen LogP contribution < -0.4 is 0 Å². The van der Waals surface area contributed by atoms with Crippen LogP contribution in [0.1, 0.15) is 48.8 Å². The zero-order valence-corrected chi connectivity index (χ0v) is 11.7. The molecule has 3 rings (SSSR count). The molecule has 1 saturated carbocycles. The van der Waals surface area contributed by atoms with E-state index in [4.69, 9.17) is 5.26 Å². The van der Waals surface area contributed by atoms with Gasteiger partial charge in [-0.25, -0.2) is 0 Å². The van der Waals surface area contributed by atoms with Gasteiger partial charge in [0.15, 0.2) is 0 Å². The summed E-state index contributed by atoms with van der Waals surface area (Å²) < 4.78 is 0. The molecule has 100 valence electrons. The third-order valence-corrected chi connectivity index (χ3v) is 4.95. The summed E-state index contributed by atoms with van der Waals surface area (Å²) in [5, 5.41) is 8.94. The van der Waals surface area contributed by atoms with Gasteiger partial charge in [0.2, 0.25) is 0 Å². The Bertz CT molecular complexity index is 500. The van der Waals surface area contributed by atoms with E-state index in [1.54, 1.807) is 0 Å². The first-order valence-electron chi connectivity index (χ1n) is 7.51. The van der Waals surface area contributed by atoms with E-state index in [2.05, 4.69) is 24.0 Å². The first-order valence-corrected chi connectivity index (χ1v) is 7.51. The highest BCUT2D eigenvalue weighted by molar-refractivity contribution is 5.37. The molecule has 2 unspecified atom stereocenters. The Morgan fingerprint density at radius 3 is 2.89 bits per heavy atom. The van der Waals surface area contributed by atoms with Gasteiger partial charge in [-0.05, 0) is 68.3 Å². The minimum atomic E-state index is 0.777. The largest absolute Gasteiger partial charge is 0.296 e. The fourth-order valence-corrected chi connectivity index (χ4v) is 3.92. The molecule has 19 heavy (non-hydrogen) atoms. The molecule has 1 aromatic carbocycles. The van der Waals surface area contributed by atoms with Crippen molar-refractivity contribution in [2.75, 3.05) is 6.54 Å². The summed E-state index contributed by atoms with van der Waals surface area (Å²) in [6.45, 7) is 4.45. The van der Waals surface area contributed by atoms with Crippen LogP contribution in [0.25, 0.3) is 0 Å². The maximum Gasteiger partial charge on any atom is 0.0991 e. The predicted octanol–water partition coefficient (Wildman–Crippen LogP) is 3.63. The average molecular weight is 254 g/mol. The van der Waals surface area contributed by atoms with Crippen LogP contribution in [0.4, 0.5) is 0 Å². The second kappa shape index (κ2) is 5.35. The van der Waals surface area contributed by atoms with Crippen LogP contribution >= 0.6 is 0 Å². The maximum atomic E-state index is 8.94. The van der Waals surface area contributed by atoms with E-state index in [1.165, 1.54) is 49.8 Å². The second-order valence-corrected chi connectivity index (χ2v) is 6.12. The Morgan fingerprint density at radius 2 is 2.11 bits per heavy atom. The molecule has 0 N–H and O–H groups in total. The van der Waals surface area contributed by atoms with Crippen molar-refractivity contribution in [3.05, 3.63) is 34.9 Å². The van der Waals surface area contributed by atoms with Crippen molar-refractivity contribution in [3.8, 4) is 6.07 Å². The van der Waals surface area contributed by atoms with Crippen LogP contribution in [0.2, 0.25) is 0 Å². The topological polar surface area (TPSA) is 27.0 Å². The number of nitriles is 1. The molecule has 1 saturated heterocycles. The fraction of sp³-hybridized carbons (Fsp3) is 0.588. The third kappa shape index (κ3) is 2.53.